The van der Waals surface area contributed by atoms with Gasteiger partial charge < -0.3 is 20.1 Å². The molecule has 1 aromatic rings. The van der Waals surface area contributed by atoms with Gasteiger partial charge in [-0.3, -0.25) is 4.90 Å². The summed E-state index contributed by atoms with van der Waals surface area (Å²) in [6, 6.07) is 11.0. The maximum absolute atomic E-state index is 10.3. The Morgan fingerprint density at radius 2 is 1.61 bits per heavy atom. The summed E-state index contributed by atoms with van der Waals surface area (Å²) in [4.78, 5) is 4.70. The largest absolute Gasteiger partial charge is 0.390 e. The van der Waals surface area contributed by atoms with E-state index in [2.05, 4.69) is 39.4 Å². The van der Waals surface area contributed by atoms with Crippen LogP contribution in [0.5, 0.6) is 0 Å². The molecule has 0 spiro atoms. The monoisotopic (exact) mass is 319 g/mol. The lowest BCUT2D eigenvalue weighted by Gasteiger charge is -2.35. The second-order valence-corrected chi connectivity index (χ2v) is 6.65. The summed E-state index contributed by atoms with van der Waals surface area (Å²) < 4.78 is 5.35. The van der Waals surface area contributed by atoms with Crippen LogP contribution < -0.4 is 5.32 Å². The van der Waals surface area contributed by atoms with Crippen LogP contribution in [0, 0.1) is 0 Å². The van der Waals surface area contributed by atoms with E-state index >= 15 is 0 Å². The zero-order chi connectivity index (χ0) is 15.9. The highest BCUT2D eigenvalue weighted by atomic mass is 16.5. The summed E-state index contributed by atoms with van der Waals surface area (Å²) >= 11 is 0. The third-order valence-electron chi connectivity index (χ3n) is 4.77. The first-order valence-corrected chi connectivity index (χ1v) is 8.82. The van der Waals surface area contributed by atoms with Gasteiger partial charge in [0, 0.05) is 51.0 Å². The molecule has 128 valence electrons. The maximum Gasteiger partial charge on any atom is 0.0793 e. The van der Waals surface area contributed by atoms with Gasteiger partial charge in [0.05, 0.1) is 19.3 Å². The van der Waals surface area contributed by atoms with Crippen LogP contribution in [0.3, 0.4) is 0 Å². The number of para-hydroxylation sites is 1. The molecule has 0 bridgehead atoms. The summed E-state index contributed by atoms with van der Waals surface area (Å²) in [7, 11) is 0. The number of hydrogen-bond acceptors (Lipinski definition) is 5. The molecular formula is C18H29N3O2. The zero-order valence-electron chi connectivity index (χ0n) is 13.9. The number of aliphatic hydroxyl groups excluding tert-OH is 1. The molecule has 0 saturated carbocycles. The fourth-order valence-electron chi connectivity index (χ4n) is 3.47. The van der Waals surface area contributed by atoms with Crippen LogP contribution >= 0.6 is 0 Å². The molecule has 0 aliphatic carbocycles. The van der Waals surface area contributed by atoms with Gasteiger partial charge in [0.15, 0.2) is 0 Å². The minimum atomic E-state index is -0.258. The molecule has 2 saturated heterocycles. The number of anilines is 1. The Kier molecular flexibility index (Phi) is 6.28. The minimum Gasteiger partial charge on any atom is -0.390 e. The Bertz CT molecular complexity index is 443. The lowest BCUT2D eigenvalue weighted by molar-refractivity contribution is 0.00531. The number of hydrogen-bond donors (Lipinski definition) is 2. The lowest BCUT2D eigenvalue weighted by Crippen LogP contribution is -2.47. The summed E-state index contributed by atoms with van der Waals surface area (Å²) in [5.41, 5.74) is 1.21. The Morgan fingerprint density at radius 3 is 2.26 bits per heavy atom. The molecule has 1 unspecified atom stereocenters. The van der Waals surface area contributed by atoms with Gasteiger partial charge in [-0.25, -0.2) is 0 Å². The molecule has 5 nitrogen and oxygen atoms in total. The van der Waals surface area contributed by atoms with Gasteiger partial charge in [-0.2, -0.15) is 0 Å². The smallest absolute Gasteiger partial charge is 0.0793 e. The third-order valence-corrected chi connectivity index (χ3v) is 4.77. The van der Waals surface area contributed by atoms with Crippen LogP contribution in [0.15, 0.2) is 30.3 Å². The quantitative estimate of drug-likeness (QED) is 0.827. The molecule has 1 atom stereocenters. The number of nitrogens with one attached hydrogen (secondary N) is 1. The van der Waals surface area contributed by atoms with E-state index in [0.717, 1.165) is 65.3 Å². The van der Waals surface area contributed by atoms with Gasteiger partial charge in [-0.05, 0) is 25.0 Å². The minimum absolute atomic E-state index is 0.258. The van der Waals surface area contributed by atoms with Gasteiger partial charge >= 0.3 is 0 Å². The Morgan fingerprint density at radius 1 is 1.00 bits per heavy atom. The first-order chi connectivity index (χ1) is 11.3. The number of morpholine rings is 1. The molecule has 0 radical (unpaired) electrons. The molecule has 2 fully saturated rings. The number of aliphatic hydroxyl groups is 1. The van der Waals surface area contributed by atoms with E-state index in [1.54, 1.807) is 0 Å². The third kappa shape index (κ3) is 5.46. The number of rotatable bonds is 6. The van der Waals surface area contributed by atoms with Crippen LogP contribution in [0.4, 0.5) is 5.69 Å². The first kappa shape index (κ1) is 16.7. The molecule has 5 heteroatoms. The normalized spacial score (nSPS) is 22.8. The predicted octanol–water partition coefficient (Wildman–Crippen LogP) is 1.26. The molecular weight excluding hydrogens is 290 g/mol. The molecule has 2 aliphatic rings. The molecule has 23 heavy (non-hydrogen) atoms. The molecule has 2 aliphatic heterocycles. The topological polar surface area (TPSA) is 48.0 Å². The van der Waals surface area contributed by atoms with Gasteiger partial charge in [0.1, 0.15) is 0 Å². The summed E-state index contributed by atoms with van der Waals surface area (Å²) in [5, 5.41) is 13.9. The van der Waals surface area contributed by atoms with Gasteiger partial charge in [-0.1, -0.05) is 18.2 Å². The average molecular weight is 319 g/mol. The maximum atomic E-state index is 10.3. The number of likely N-dealkylation sites (tertiary alicyclic amines) is 1. The molecule has 0 amide bonds. The van der Waals surface area contributed by atoms with Crippen molar-refractivity contribution in [1.29, 1.82) is 0 Å². The highest BCUT2D eigenvalue weighted by molar-refractivity contribution is 5.43. The van der Waals surface area contributed by atoms with Gasteiger partial charge in [0.2, 0.25) is 0 Å². The van der Waals surface area contributed by atoms with Crippen molar-refractivity contribution in [2.24, 2.45) is 0 Å². The van der Waals surface area contributed by atoms with E-state index < -0.39 is 0 Å². The van der Waals surface area contributed by atoms with Crippen molar-refractivity contribution in [3.63, 3.8) is 0 Å². The van der Waals surface area contributed by atoms with E-state index in [-0.39, 0.29) is 6.10 Å². The zero-order valence-corrected chi connectivity index (χ0v) is 13.9. The Balaban J connectivity index is 1.35. The van der Waals surface area contributed by atoms with Crippen molar-refractivity contribution < 1.29 is 9.84 Å². The number of benzene rings is 1. The van der Waals surface area contributed by atoms with Crippen molar-refractivity contribution in [2.45, 2.75) is 25.0 Å². The second-order valence-electron chi connectivity index (χ2n) is 6.65. The van der Waals surface area contributed by atoms with Crippen molar-refractivity contribution in [3.8, 4) is 0 Å². The summed E-state index contributed by atoms with van der Waals surface area (Å²) in [5.74, 6) is 0. The van der Waals surface area contributed by atoms with Crippen LogP contribution in [-0.2, 0) is 4.74 Å². The van der Waals surface area contributed by atoms with Crippen molar-refractivity contribution in [2.75, 3.05) is 57.8 Å². The number of ether oxygens (including phenoxy) is 1. The Hall–Kier alpha value is -1.14. The van der Waals surface area contributed by atoms with Crippen molar-refractivity contribution >= 4 is 5.69 Å². The highest BCUT2D eigenvalue weighted by Gasteiger charge is 2.22. The standard InChI is InChI=1S/C18H29N3O2/c22-18(15-21-10-12-23-13-11-21)14-20-8-6-17(7-9-20)19-16-4-2-1-3-5-16/h1-5,17-19,22H,6-15H2. The van der Waals surface area contributed by atoms with E-state index in [1.165, 1.54) is 5.69 Å². The first-order valence-electron chi connectivity index (χ1n) is 8.82. The van der Waals surface area contributed by atoms with Crippen LogP contribution in [0.25, 0.3) is 0 Å². The summed E-state index contributed by atoms with van der Waals surface area (Å²) in [6.07, 6.45) is 2.02. The fraction of sp³-hybridized carbons (Fsp3) is 0.667. The van der Waals surface area contributed by atoms with E-state index in [0.29, 0.717) is 6.04 Å². The summed E-state index contributed by atoms with van der Waals surface area (Å²) in [6.45, 7) is 7.16. The van der Waals surface area contributed by atoms with Crippen LogP contribution in [0.1, 0.15) is 12.8 Å². The van der Waals surface area contributed by atoms with Crippen LogP contribution in [0.2, 0.25) is 0 Å². The van der Waals surface area contributed by atoms with Crippen molar-refractivity contribution in [1.82, 2.24) is 9.80 Å². The molecule has 1 aromatic carbocycles. The molecule has 3 rings (SSSR count). The lowest BCUT2D eigenvalue weighted by atomic mass is 10.0. The van der Waals surface area contributed by atoms with E-state index in [4.69, 9.17) is 4.74 Å². The van der Waals surface area contributed by atoms with Crippen LogP contribution in [-0.4, -0.2) is 79.5 Å². The molecule has 0 aromatic heterocycles. The predicted molar refractivity (Wildman–Crippen MR) is 92.8 cm³/mol. The number of β-amino-alcohol motifs (C(OH)–C–C–N with tert-alkyl or cyclic N) is 1. The molecule has 2 heterocycles. The highest BCUT2D eigenvalue weighted by Crippen LogP contribution is 2.16. The number of piperidine rings is 1. The van der Waals surface area contributed by atoms with E-state index in [1.807, 2.05) is 6.07 Å². The SMILES string of the molecule is OC(CN1CCOCC1)CN1CCC(Nc2ccccc2)CC1. The average Bonchev–Trinajstić information content (AvgIpc) is 2.58. The molecule has 2 N–H and O–H groups in total. The second kappa shape index (κ2) is 8.64. The fourth-order valence-corrected chi connectivity index (χ4v) is 3.47. The van der Waals surface area contributed by atoms with Crippen molar-refractivity contribution in [3.05, 3.63) is 30.3 Å². The van der Waals surface area contributed by atoms with Gasteiger partial charge in [-0.15, -0.1) is 0 Å². The Labute approximate surface area is 139 Å². The van der Waals surface area contributed by atoms with E-state index in [9.17, 15) is 5.11 Å². The van der Waals surface area contributed by atoms with Gasteiger partial charge in [0.25, 0.3) is 0 Å². The number of nitrogens with zero attached hydrogens (tertiary/aromatic N) is 2.